The Balaban J connectivity index is 1.97. The van der Waals surface area contributed by atoms with Crippen molar-refractivity contribution >= 4 is 17.1 Å². The van der Waals surface area contributed by atoms with Crippen LogP contribution in [0.15, 0.2) is 12.1 Å². The van der Waals surface area contributed by atoms with Crippen molar-refractivity contribution in [2.75, 3.05) is 19.7 Å². The Labute approximate surface area is 119 Å². The monoisotopic (exact) mass is 281 g/mol. The van der Waals surface area contributed by atoms with Gasteiger partial charge in [0, 0.05) is 17.5 Å². The Kier molecular flexibility index (Phi) is 5.55. The van der Waals surface area contributed by atoms with Crippen molar-refractivity contribution in [1.29, 1.82) is 0 Å². The lowest BCUT2D eigenvalue weighted by Gasteiger charge is -2.33. The number of hydrogen-bond donors (Lipinski definition) is 1. The van der Waals surface area contributed by atoms with Crippen LogP contribution < -0.4 is 0 Å². The zero-order valence-corrected chi connectivity index (χ0v) is 12.4. The van der Waals surface area contributed by atoms with Crippen LogP contribution in [0.1, 0.15) is 46.7 Å². The average Bonchev–Trinajstić information content (AvgIpc) is 2.86. The average molecular weight is 281 g/mol. The molecule has 1 saturated carbocycles. The lowest BCUT2D eigenvalue weighted by Crippen LogP contribution is -2.41. The standard InChI is InChI=1S/C15H23NO2S/c1-12-7-8-15(19-12)14(18)11-16(9-10-17)13-5-3-2-4-6-13/h7-8,13,17H,2-6,9-11H2,1H3. The van der Waals surface area contributed by atoms with Gasteiger partial charge in [-0.1, -0.05) is 19.3 Å². The minimum absolute atomic E-state index is 0.132. The van der Waals surface area contributed by atoms with Crippen molar-refractivity contribution in [3.8, 4) is 0 Å². The first kappa shape index (κ1) is 14.7. The quantitative estimate of drug-likeness (QED) is 0.815. The molecule has 0 saturated heterocycles. The molecular weight excluding hydrogens is 258 g/mol. The molecule has 1 aliphatic rings. The highest BCUT2D eigenvalue weighted by molar-refractivity contribution is 7.14. The summed E-state index contributed by atoms with van der Waals surface area (Å²) in [6.45, 7) is 3.22. The van der Waals surface area contributed by atoms with E-state index < -0.39 is 0 Å². The fourth-order valence-corrected chi connectivity index (χ4v) is 3.61. The lowest BCUT2D eigenvalue weighted by molar-refractivity contribution is 0.0818. The second-order valence-electron chi connectivity index (χ2n) is 5.32. The fourth-order valence-electron chi connectivity index (χ4n) is 2.81. The first-order valence-corrected chi connectivity index (χ1v) is 7.97. The van der Waals surface area contributed by atoms with Crippen molar-refractivity contribution in [3.63, 3.8) is 0 Å². The molecule has 1 heterocycles. The van der Waals surface area contributed by atoms with Gasteiger partial charge in [-0.05, 0) is 31.9 Å². The number of aliphatic hydroxyl groups excluding tert-OH is 1. The largest absolute Gasteiger partial charge is 0.395 e. The number of aryl methyl sites for hydroxylation is 1. The summed E-state index contributed by atoms with van der Waals surface area (Å²) in [4.78, 5) is 16.5. The van der Waals surface area contributed by atoms with E-state index in [1.54, 1.807) is 11.3 Å². The Morgan fingerprint density at radius 1 is 1.37 bits per heavy atom. The molecule has 1 aromatic rings. The van der Waals surface area contributed by atoms with Crippen LogP contribution in [0, 0.1) is 6.92 Å². The normalized spacial score (nSPS) is 17.0. The van der Waals surface area contributed by atoms with Crippen LogP contribution >= 0.6 is 11.3 Å². The lowest BCUT2D eigenvalue weighted by atomic mass is 9.94. The zero-order valence-electron chi connectivity index (χ0n) is 11.6. The Hall–Kier alpha value is -0.710. The molecule has 106 valence electrons. The third-order valence-electron chi connectivity index (χ3n) is 3.84. The fraction of sp³-hybridized carbons (Fsp3) is 0.667. The summed E-state index contributed by atoms with van der Waals surface area (Å²) in [5.74, 6) is 0.192. The molecule has 1 N–H and O–H groups in total. The van der Waals surface area contributed by atoms with Gasteiger partial charge in [-0.3, -0.25) is 9.69 Å². The Morgan fingerprint density at radius 3 is 2.68 bits per heavy atom. The predicted octanol–water partition coefficient (Wildman–Crippen LogP) is 2.87. The van der Waals surface area contributed by atoms with E-state index in [-0.39, 0.29) is 12.4 Å². The van der Waals surface area contributed by atoms with E-state index in [0.717, 1.165) is 17.7 Å². The molecule has 2 rings (SSSR count). The van der Waals surface area contributed by atoms with Gasteiger partial charge < -0.3 is 5.11 Å². The van der Waals surface area contributed by atoms with Crippen LogP contribution in [0.5, 0.6) is 0 Å². The number of thiophene rings is 1. The van der Waals surface area contributed by atoms with Gasteiger partial charge in [0.05, 0.1) is 18.0 Å². The van der Waals surface area contributed by atoms with Gasteiger partial charge in [0.15, 0.2) is 5.78 Å². The first-order chi connectivity index (χ1) is 9.20. The van der Waals surface area contributed by atoms with Gasteiger partial charge in [-0.2, -0.15) is 0 Å². The molecule has 0 spiro atoms. The number of aliphatic hydroxyl groups is 1. The summed E-state index contributed by atoms with van der Waals surface area (Å²) >= 11 is 1.56. The molecule has 3 nitrogen and oxygen atoms in total. The third kappa shape index (κ3) is 4.13. The van der Waals surface area contributed by atoms with Crippen LogP contribution in [-0.2, 0) is 0 Å². The highest BCUT2D eigenvalue weighted by atomic mass is 32.1. The summed E-state index contributed by atoms with van der Waals surface area (Å²) in [6.07, 6.45) is 6.13. The van der Waals surface area contributed by atoms with Gasteiger partial charge in [-0.15, -0.1) is 11.3 Å². The van der Waals surface area contributed by atoms with E-state index in [2.05, 4.69) is 4.90 Å². The molecule has 0 radical (unpaired) electrons. The van der Waals surface area contributed by atoms with Crippen LogP contribution in [0.3, 0.4) is 0 Å². The van der Waals surface area contributed by atoms with Gasteiger partial charge >= 0.3 is 0 Å². The maximum absolute atomic E-state index is 12.3. The Bertz CT molecular complexity index is 410. The number of carbonyl (C=O) groups is 1. The van der Waals surface area contributed by atoms with Gasteiger partial charge in [0.25, 0.3) is 0 Å². The van der Waals surface area contributed by atoms with Crippen molar-refractivity contribution in [3.05, 3.63) is 21.9 Å². The molecule has 0 unspecified atom stereocenters. The van der Waals surface area contributed by atoms with E-state index in [1.807, 2.05) is 19.1 Å². The number of ketones is 1. The molecule has 0 aliphatic heterocycles. The number of carbonyl (C=O) groups excluding carboxylic acids is 1. The minimum Gasteiger partial charge on any atom is -0.395 e. The predicted molar refractivity (Wildman–Crippen MR) is 78.9 cm³/mol. The molecule has 0 bridgehead atoms. The number of rotatable bonds is 6. The maximum Gasteiger partial charge on any atom is 0.186 e. The molecule has 1 fully saturated rings. The molecule has 4 heteroatoms. The smallest absolute Gasteiger partial charge is 0.186 e. The van der Waals surface area contributed by atoms with Gasteiger partial charge in [-0.25, -0.2) is 0 Å². The molecule has 1 aromatic heterocycles. The second-order valence-corrected chi connectivity index (χ2v) is 6.61. The van der Waals surface area contributed by atoms with Crippen molar-refractivity contribution in [2.24, 2.45) is 0 Å². The molecule has 0 atom stereocenters. The minimum atomic E-state index is 0.132. The topological polar surface area (TPSA) is 40.5 Å². The SMILES string of the molecule is Cc1ccc(C(=O)CN(CCO)C2CCCCC2)s1. The first-order valence-electron chi connectivity index (χ1n) is 7.15. The molecular formula is C15H23NO2S. The molecule has 19 heavy (non-hydrogen) atoms. The van der Waals surface area contributed by atoms with Crippen LogP contribution in [0.4, 0.5) is 0 Å². The Morgan fingerprint density at radius 2 is 2.11 bits per heavy atom. The van der Waals surface area contributed by atoms with Crippen molar-refractivity contribution < 1.29 is 9.90 Å². The summed E-state index contributed by atoms with van der Waals surface area (Å²) in [5.41, 5.74) is 0. The molecule has 1 aliphatic carbocycles. The molecule has 0 amide bonds. The number of Topliss-reactive ketones (excluding diaryl/α,β-unsaturated/α-hetero) is 1. The van der Waals surface area contributed by atoms with Crippen LogP contribution in [0.2, 0.25) is 0 Å². The van der Waals surface area contributed by atoms with E-state index in [1.165, 1.54) is 24.1 Å². The van der Waals surface area contributed by atoms with E-state index >= 15 is 0 Å². The van der Waals surface area contributed by atoms with E-state index in [9.17, 15) is 9.90 Å². The number of nitrogens with zero attached hydrogens (tertiary/aromatic N) is 1. The van der Waals surface area contributed by atoms with Gasteiger partial charge in [0.2, 0.25) is 0 Å². The number of hydrogen-bond acceptors (Lipinski definition) is 4. The maximum atomic E-state index is 12.3. The van der Waals surface area contributed by atoms with E-state index in [0.29, 0.717) is 19.1 Å². The van der Waals surface area contributed by atoms with Crippen LogP contribution in [0.25, 0.3) is 0 Å². The third-order valence-corrected chi connectivity index (χ3v) is 4.88. The summed E-state index contributed by atoms with van der Waals surface area (Å²) < 4.78 is 0. The summed E-state index contributed by atoms with van der Waals surface area (Å²) in [5, 5.41) is 9.20. The van der Waals surface area contributed by atoms with Crippen molar-refractivity contribution in [2.45, 2.75) is 45.1 Å². The van der Waals surface area contributed by atoms with Gasteiger partial charge in [0.1, 0.15) is 0 Å². The van der Waals surface area contributed by atoms with E-state index in [4.69, 9.17) is 0 Å². The summed E-state index contributed by atoms with van der Waals surface area (Å²) in [6, 6.07) is 4.39. The highest BCUT2D eigenvalue weighted by Crippen LogP contribution is 2.23. The second kappa shape index (κ2) is 7.17. The summed E-state index contributed by atoms with van der Waals surface area (Å²) in [7, 11) is 0. The van der Waals surface area contributed by atoms with Crippen LogP contribution in [-0.4, -0.2) is 41.5 Å². The van der Waals surface area contributed by atoms with Crippen molar-refractivity contribution in [1.82, 2.24) is 4.90 Å². The molecule has 0 aromatic carbocycles. The highest BCUT2D eigenvalue weighted by Gasteiger charge is 2.23. The zero-order chi connectivity index (χ0) is 13.7.